The van der Waals surface area contributed by atoms with Gasteiger partial charge in [0.2, 0.25) is 0 Å². The molecule has 1 N–H and O–H groups in total. The summed E-state index contributed by atoms with van der Waals surface area (Å²) in [6.07, 6.45) is 2.44. The zero-order chi connectivity index (χ0) is 11.4. The van der Waals surface area contributed by atoms with Crippen LogP contribution in [-0.2, 0) is 6.42 Å². The van der Waals surface area contributed by atoms with Crippen molar-refractivity contribution in [2.45, 2.75) is 26.7 Å². The van der Waals surface area contributed by atoms with Gasteiger partial charge < -0.3 is 5.11 Å². The molecule has 1 heterocycles. The molecule has 1 rings (SSSR count). The summed E-state index contributed by atoms with van der Waals surface area (Å²) in [6.45, 7) is 4.14. The van der Waals surface area contributed by atoms with Crippen molar-refractivity contribution < 1.29 is 14.7 Å². The molecule has 1 aromatic heterocycles. The highest BCUT2D eigenvalue weighted by atomic mass is 32.1. The van der Waals surface area contributed by atoms with Gasteiger partial charge in [-0.3, -0.25) is 4.79 Å². The van der Waals surface area contributed by atoms with Crippen LogP contribution in [0, 0.1) is 5.92 Å². The molecule has 0 aliphatic heterocycles. The second-order valence-corrected chi connectivity index (χ2v) is 4.73. The summed E-state index contributed by atoms with van der Waals surface area (Å²) in [4.78, 5) is 22.3. The smallest absolute Gasteiger partial charge is 0.346 e. The van der Waals surface area contributed by atoms with Gasteiger partial charge in [0.15, 0.2) is 6.29 Å². The van der Waals surface area contributed by atoms with Crippen LogP contribution in [0.4, 0.5) is 0 Å². The van der Waals surface area contributed by atoms with Crippen LogP contribution in [0.25, 0.3) is 0 Å². The van der Waals surface area contributed by atoms with Crippen LogP contribution in [0.2, 0.25) is 0 Å². The van der Waals surface area contributed by atoms with Crippen LogP contribution in [0.15, 0.2) is 6.07 Å². The Bertz CT molecular complexity index is 368. The van der Waals surface area contributed by atoms with Gasteiger partial charge in [-0.25, -0.2) is 4.79 Å². The van der Waals surface area contributed by atoms with Crippen molar-refractivity contribution in [1.29, 1.82) is 0 Å². The third-order valence-corrected chi connectivity index (χ3v) is 3.49. The molecule has 0 bridgehead atoms. The van der Waals surface area contributed by atoms with Gasteiger partial charge in [-0.15, -0.1) is 11.3 Å². The lowest BCUT2D eigenvalue weighted by Gasteiger charge is -2.06. The van der Waals surface area contributed by atoms with E-state index in [-0.39, 0.29) is 0 Å². The van der Waals surface area contributed by atoms with Crippen LogP contribution in [0.3, 0.4) is 0 Å². The fraction of sp³-hybridized carbons (Fsp3) is 0.455. The molecule has 0 aliphatic carbocycles. The molecular formula is C11H14O3S. The molecule has 0 spiro atoms. The minimum absolute atomic E-state index is 0.303. The fourth-order valence-corrected chi connectivity index (χ4v) is 2.21. The number of thiophene rings is 1. The van der Waals surface area contributed by atoms with Crippen LogP contribution < -0.4 is 0 Å². The van der Waals surface area contributed by atoms with Crippen molar-refractivity contribution in [2.24, 2.45) is 5.92 Å². The lowest BCUT2D eigenvalue weighted by molar-refractivity contribution is 0.0701. The van der Waals surface area contributed by atoms with Gasteiger partial charge in [0, 0.05) is 0 Å². The second-order valence-electron chi connectivity index (χ2n) is 3.64. The van der Waals surface area contributed by atoms with Crippen molar-refractivity contribution in [3.63, 3.8) is 0 Å². The SMILES string of the molecule is CCC(C)Cc1cc(C=O)sc1C(=O)O. The highest BCUT2D eigenvalue weighted by Crippen LogP contribution is 2.24. The van der Waals surface area contributed by atoms with Gasteiger partial charge >= 0.3 is 5.97 Å². The molecule has 1 aromatic rings. The number of carboxylic acid groups (broad SMARTS) is 1. The van der Waals surface area contributed by atoms with Crippen molar-refractivity contribution in [1.82, 2.24) is 0 Å². The van der Waals surface area contributed by atoms with E-state index in [1.807, 2.05) is 0 Å². The molecular weight excluding hydrogens is 212 g/mol. The van der Waals surface area contributed by atoms with Gasteiger partial charge in [0.1, 0.15) is 4.88 Å². The number of carbonyl (C=O) groups excluding carboxylic acids is 1. The molecule has 3 nitrogen and oxygen atoms in total. The molecule has 15 heavy (non-hydrogen) atoms. The second kappa shape index (κ2) is 5.07. The van der Waals surface area contributed by atoms with Gasteiger partial charge in [0.25, 0.3) is 0 Å². The van der Waals surface area contributed by atoms with E-state index in [9.17, 15) is 9.59 Å². The molecule has 0 radical (unpaired) electrons. The monoisotopic (exact) mass is 226 g/mol. The van der Waals surface area contributed by atoms with E-state index >= 15 is 0 Å². The highest BCUT2D eigenvalue weighted by Gasteiger charge is 2.16. The van der Waals surface area contributed by atoms with E-state index < -0.39 is 5.97 Å². The largest absolute Gasteiger partial charge is 0.477 e. The molecule has 4 heteroatoms. The number of carbonyl (C=O) groups is 2. The lowest BCUT2D eigenvalue weighted by Crippen LogP contribution is -2.02. The maximum atomic E-state index is 10.9. The van der Waals surface area contributed by atoms with E-state index in [2.05, 4.69) is 13.8 Å². The first-order valence-corrected chi connectivity index (χ1v) is 5.71. The normalized spacial score (nSPS) is 12.4. The molecule has 0 saturated carbocycles. The Kier molecular flexibility index (Phi) is 4.03. The minimum atomic E-state index is -0.939. The number of hydrogen-bond donors (Lipinski definition) is 1. The molecule has 0 aliphatic rings. The van der Waals surface area contributed by atoms with Crippen molar-refractivity contribution in [3.8, 4) is 0 Å². The van der Waals surface area contributed by atoms with Gasteiger partial charge in [-0.1, -0.05) is 20.3 Å². The molecule has 0 amide bonds. The number of aromatic carboxylic acids is 1. The average molecular weight is 226 g/mol. The van der Waals surface area contributed by atoms with Crippen LogP contribution in [0.5, 0.6) is 0 Å². The van der Waals surface area contributed by atoms with Gasteiger partial charge in [0.05, 0.1) is 4.88 Å². The minimum Gasteiger partial charge on any atom is -0.477 e. The Morgan fingerprint density at radius 2 is 2.33 bits per heavy atom. The Labute approximate surface area is 92.7 Å². The van der Waals surface area contributed by atoms with E-state index in [0.717, 1.165) is 29.7 Å². The standard InChI is InChI=1S/C11H14O3S/c1-3-7(2)4-8-5-9(6-12)15-10(8)11(13)14/h5-7H,3-4H2,1-2H3,(H,13,14). The lowest BCUT2D eigenvalue weighted by atomic mass is 9.99. The van der Waals surface area contributed by atoms with Gasteiger partial charge in [-0.2, -0.15) is 0 Å². The molecule has 82 valence electrons. The Hall–Kier alpha value is -1.16. The third kappa shape index (κ3) is 2.89. The molecule has 1 atom stereocenters. The maximum Gasteiger partial charge on any atom is 0.346 e. The van der Waals surface area contributed by atoms with E-state index in [1.54, 1.807) is 6.07 Å². The molecule has 0 saturated heterocycles. The summed E-state index contributed by atoms with van der Waals surface area (Å²) in [5.74, 6) is -0.497. The third-order valence-electron chi connectivity index (χ3n) is 2.40. The van der Waals surface area contributed by atoms with E-state index in [1.165, 1.54) is 0 Å². The van der Waals surface area contributed by atoms with Crippen molar-refractivity contribution >= 4 is 23.6 Å². The Balaban J connectivity index is 2.98. The molecule has 1 unspecified atom stereocenters. The first kappa shape index (κ1) is 11.9. The number of rotatable bonds is 5. The van der Waals surface area contributed by atoms with E-state index in [0.29, 0.717) is 22.0 Å². The van der Waals surface area contributed by atoms with Crippen LogP contribution >= 0.6 is 11.3 Å². The Morgan fingerprint density at radius 1 is 1.67 bits per heavy atom. The average Bonchev–Trinajstić information content (AvgIpc) is 2.61. The summed E-state index contributed by atoms with van der Waals surface area (Å²) >= 11 is 1.05. The van der Waals surface area contributed by atoms with E-state index in [4.69, 9.17) is 5.11 Å². The summed E-state index contributed by atoms with van der Waals surface area (Å²) in [7, 11) is 0. The maximum absolute atomic E-state index is 10.9. The predicted octanol–water partition coefficient (Wildman–Crippen LogP) is 2.85. The van der Waals surface area contributed by atoms with Crippen molar-refractivity contribution in [2.75, 3.05) is 0 Å². The number of aldehydes is 1. The fourth-order valence-electron chi connectivity index (χ4n) is 1.36. The summed E-state index contributed by atoms with van der Waals surface area (Å²) < 4.78 is 0. The van der Waals surface area contributed by atoms with Crippen LogP contribution in [-0.4, -0.2) is 17.4 Å². The molecule has 0 fully saturated rings. The van der Waals surface area contributed by atoms with Gasteiger partial charge in [-0.05, 0) is 24.0 Å². The topological polar surface area (TPSA) is 54.4 Å². The first-order valence-electron chi connectivity index (χ1n) is 4.89. The zero-order valence-electron chi connectivity index (χ0n) is 8.82. The summed E-state index contributed by atoms with van der Waals surface area (Å²) in [5, 5.41) is 8.95. The molecule has 0 aromatic carbocycles. The predicted molar refractivity (Wildman–Crippen MR) is 59.8 cm³/mol. The van der Waals surface area contributed by atoms with Crippen LogP contribution in [0.1, 0.15) is 45.2 Å². The summed E-state index contributed by atoms with van der Waals surface area (Å²) in [6, 6.07) is 1.69. The number of carboxylic acids is 1. The quantitative estimate of drug-likeness (QED) is 0.785. The number of hydrogen-bond acceptors (Lipinski definition) is 3. The zero-order valence-corrected chi connectivity index (χ0v) is 9.63. The Morgan fingerprint density at radius 3 is 2.80 bits per heavy atom. The summed E-state index contributed by atoms with van der Waals surface area (Å²) in [5.41, 5.74) is 0.781. The first-order chi connectivity index (χ1) is 7.08. The van der Waals surface area contributed by atoms with Crippen molar-refractivity contribution in [3.05, 3.63) is 21.4 Å². The highest BCUT2D eigenvalue weighted by molar-refractivity contribution is 7.15.